The van der Waals surface area contributed by atoms with Crippen LogP contribution in [0.15, 0.2) is 36.7 Å². The number of nitriles is 1. The molecule has 1 aromatic heterocycles. The SMILES string of the molecule is COc1ccc(Nc2cc(NCC#N)ncn2)cc1. The molecule has 2 N–H and O–H groups in total. The first-order chi connectivity index (χ1) is 9.31. The molecule has 0 atom stereocenters. The first kappa shape index (κ1) is 12.6. The standard InChI is InChI=1S/C13H13N5O/c1-19-11-4-2-10(3-5-11)18-13-8-12(15-7-6-14)16-9-17-13/h2-5,8-9H,7H2,1H3,(H2,15,16,17,18). The number of rotatable bonds is 5. The lowest BCUT2D eigenvalue weighted by Gasteiger charge is -2.07. The number of ether oxygens (including phenoxy) is 1. The summed E-state index contributed by atoms with van der Waals surface area (Å²) in [5.74, 6) is 2.05. The number of methoxy groups -OCH3 is 1. The van der Waals surface area contributed by atoms with Crippen LogP contribution in [0, 0.1) is 11.3 Å². The van der Waals surface area contributed by atoms with E-state index in [2.05, 4.69) is 20.6 Å². The quantitative estimate of drug-likeness (QED) is 0.797. The molecule has 0 unspecified atom stereocenters. The summed E-state index contributed by atoms with van der Waals surface area (Å²) in [6, 6.07) is 11.2. The third-order valence-corrected chi connectivity index (χ3v) is 2.38. The van der Waals surface area contributed by atoms with Crippen LogP contribution >= 0.6 is 0 Å². The Labute approximate surface area is 111 Å². The lowest BCUT2D eigenvalue weighted by atomic mass is 10.3. The van der Waals surface area contributed by atoms with E-state index in [4.69, 9.17) is 10.00 Å². The second-order valence-corrected chi connectivity index (χ2v) is 3.65. The monoisotopic (exact) mass is 255 g/mol. The molecule has 2 aromatic rings. The molecule has 0 bridgehead atoms. The predicted octanol–water partition coefficient (Wildman–Crippen LogP) is 2.16. The van der Waals surface area contributed by atoms with Gasteiger partial charge in [-0.3, -0.25) is 0 Å². The van der Waals surface area contributed by atoms with E-state index < -0.39 is 0 Å². The molecule has 0 spiro atoms. The van der Waals surface area contributed by atoms with Crippen molar-refractivity contribution in [1.82, 2.24) is 9.97 Å². The third-order valence-electron chi connectivity index (χ3n) is 2.38. The molecular formula is C13H13N5O. The highest BCUT2D eigenvalue weighted by Gasteiger charge is 1.99. The van der Waals surface area contributed by atoms with Gasteiger partial charge in [0.15, 0.2) is 0 Å². The first-order valence-corrected chi connectivity index (χ1v) is 5.66. The van der Waals surface area contributed by atoms with Crippen LogP contribution in [0.3, 0.4) is 0 Å². The fraction of sp³-hybridized carbons (Fsp3) is 0.154. The molecule has 2 rings (SSSR count). The van der Waals surface area contributed by atoms with Crippen molar-refractivity contribution in [3.63, 3.8) is 0 Å². The highest BCUT2D eigenvalue weighted by Crippen LogP contribution is 2.19. The minimum atomic E-state index is 0.207. The van der Waals surface area contributed by atoms with E-state index in [0.717, 1.165) is 11.4 Å². The van der Waals surface area contributed by atoms with Crippen LogP contribution < -0.4 is 15.4 Å². The van der Waals surface area contributed by atoms with E-state index in [1.165, 1.54) is 6.33 Å². The minimum absolute atomic E-state index is 0.207. The Hall–Kier alpha value is -2.81. The van der Waals surface area contributed by atoms with Crippen LogP contribution in [0.25, 0.3) is 0 Å². The summed E-state index contributed by atoms with van der Waals surface area (Å²) < 4.78 is 5.09. The molecule has 0 saturated heterocycles. The summed E-state index contributed by atoms with van der Waals surface area (Å²) >= 11 is 0. The zero-order chi connectivity index (χ0) is 13.5. The van der Waals surface area contributed by atoms with Gasteiger partial charge in [-0.05, 0) is 24.3 Å². The maximum atomic E-state index is 8.50. The van der Waals surface area contributed by atoms with Gasteiger partial charge in [0.2, 0.25) is 0 Å². The van der Waals surface area contributed by atoms with Crippen molar-refractivity contribution >= 4 is 17.3 Å². The largest absolute Gasteiger partial charge is 0.497 e. The molecule has 0 radical (unpaired) electrons. The fourth-order valence-electron chi connectivity index (χ4n) is 1.47. The normalized spacial score (nSPS) is 9.47. The second kappa shape index (κ2) is 6.21. The maximum absolute atomic E-state index is 8.50. The predicted molar refractivity (Wildman–Crippen MR) is 72.4 cm³/mol. The van der Waals surface area contributed by atoms with Gasteiger partial charge in [-0.15, -0.1) is 0 Å². The van der Waals surface area contributed by atoms with Gasteiger partial charge >= 0.3 is 0 Å². The third kappa shape index (κ3) is 3.57. The summed E-state index contributed by atoms with van der Waals surface area (Å²) in [4.78, 5) is 8.12. The number of hydrogen-bond acceptors (Lipinski definition) is 6. The molecule has 96 valence electrons. The van der Waals surface area contributed by atoms with Crippen LogP contribution in [0.4, 0.5) is 17.3 Å². The molecule has 0 saturated carbocycles. The van der Waals surface area contributed by atoms with Gasteiger partial charge in [0, 0.05) is 11.8 Å². The maximum Gasteiger partial charge on any atom is 0.135 e. The van der Waals surface area contributed by atoms with Crippen molar-refractivity contribution in [3.8, 4) is 11.8 Å². The van der Waals surface area contributed by atoms with Crippen molar-refractivity contribution < 1.29 is 4.74 Å². The molecule has 0 aliphatic rings. The van der Waals surface area contributed by atoms with Crippen molar-refractivity contribution in [2.75, 3.05) is 24.3 Å². The van der Waals surface area contributed by atoms with Crippen LogP contribution in [0.2, 0.25) is 0 Å². The molecule has 19 heavy (non-hydrogen) atoms. The molecule has 0 aliphatic carbocycles. The van der Waals surface area contributed by atoms with Gasteiger partial charge in [0.05, 0.1) is 13.2 Å². The summed E-state index contributed by atoms with van der Waals surface area (Å²) in [7, 11) is 1.62. The van der Waals surface area contributed by atoms with E-state index in [1.807, 2.05) is 30.3 Å². The number of benzene rings is 1. The number of nitrogens with zero attached hydrogens (tertiary/aromatic N) is 3. The Morgan fingerprint density at radius 3 is 2.63 bits per heavy atom. The molecule has 0 amide bonds. The summed E-state index contributed by atoms with van der Waals surface area (Å²) in [6.07, 6.45) is 1.44. The van der Waals surface area contributed by atoms with Gasteiger partial charge in [-0.1, -0.05) is 0 Å². The average molecular weight is 255 g/mol. The Morgan fingerprint density at radius 2 is 1.95 bits per heavy atom. The molecule has 1 heterocycles. The Kier molecular flexibility index (Phi) is 4.13. The van der Waals surface area contributed by atoms with Gasteiger partial charge < -0.3 is 15.4 Å². The number of anilines is 3. The van der Waals surface area contributed by atoms with E-state index in [9.17, 15) is 0 Å². The lowest BCUT2D eigenvalue weighted by Crippen LogP contribution is -2.02. The van der Waals surface area contributed by atoms with E-state index >= 15 is 0 Å². The van der Waals surface area contributed by atoms with Crippen molar-refractivity contribution in [1.29, 1.82) is 5.26 Å². The summed E-state index contributed by atoms with van der Waals surface area (Å²) in [6.45, 7) is 0.207. The average Bonchev–Trinajstić information content (AvgIpc) is 2.46. The number of nitrogens with one attached hydrogen (secondary N) is 2. The smallest absolute Gasteiger partial charge is 0.135 e. The summed E-state index contributed by atoms with van der Waals surface area (Å²) in [5, 5.41) is 14.5. The van der Waals surface area contributed by atoms with Crippen LogP contribution in [0.1, 0.15) is 0 Å². The zero-order valence-electron chi connectivity index (χ0n) is 10.4. The molecule has 0 aliphatic heterocycles. The molecule has 1 aromatic carbocycles. The highest BCUT2D eigenvalue weighted by molar-refractivity contribution is 5.59. The van der Waals surface area contributed by atoms with Crippen LogP contribution in [-0.2, 0) is 0 Å². The van der Waals surface area contributed by atoms with Crippen molar-refractivity contribution in [3.05, 3.63) is 36.7 Å². The van der Waals surface area contributed by atoms with Gasteiger partial charge in [0.25, 0.3) is 0 Å². The first-order valence-electron chi connectivity index (χ1n) is 5.66. The number of hydrogen-bond donors (Lipinski definition) is 2. The Bertz CT molecular complexity index is 576. The van der Waals surface area contributed by atoms with Crippen molar-refractivity contribution in [2.45, 2.75) is 0 Å². The van der Waals surface area contributed by atoms with Crippen LogP contribution in [-0.4, -0.2) is 23.6 Å². The molecule has 6 heteroatoms. The molecule has 0 fully saturated rings. The molecular weight excluding hydrogens is 242 g/mol. The molecule has 6 nitrogen and oxygen atoms in total. The zero-order valence-corrected chi connectivity index (χ0v) is 10.4. The highest BCUT2D eigenvalue weighted by atomic mass is 16.5. The lowest BCUT2D eigenvalue weighted by molar-refractivity contribution is 0.415. The fourth-order valence-corrected chi connectivity index (χ4v) is 1.47. The second-order valence-electron chi connectivity index (χ2n) is 3.65. The van der Waals surface area contributed by atoms with Gasteiger partial charge in [0.1, 0.15) is 30.3 Å². The minimum Gasteiger partial charge on any atom is -0.497 e. The van der Waals surface area contributed by atoms with E-state index in [1.54, 1.807) is 13.2 Å². The van der Waals surface area contributed by atoms with Gasteiger partial charge in [-0.2, -0.15) is 5.26 Å². The van der Waals surface area contributed by atoms with Gasteiger partial charge in [-0.25, -0.2) is 9.97 Å². The van der Waals surface area contributed by atoms with E-state index in [-0.39, 0.29) is 6.54 Å². The van der Waals surface area contributed by atoms with Crippen LogP contribution in [0.5, 0.6) is 5.75 Å². The van der Waals surface area contributed by atoms with E-state index in [0.29, 0.717) is 11.6 Å². The summed E-state index contributed by atoms with van der Waals surface area (Å²) in [5.41, 5.74) is 0.894. The topological polar surface area (TPSA) is 82.9 Å². The number of aromatic nitrogens is 2. The Morgan fingerprint density at radius 1 is 1.21 bits per heavy atom. The Balaban J connectivity index is 2.07. The van der Waals surface area contributed by atoms with Crippen molar-refractivity contribution in [2.24, 2.45) is 0 Å².